The Morgan fingerprint density at radius 2 is 1.57 bits per heavy atom. The van der Waals surface area contributed by atoms with Gasteiger partial charge in [0, 0.05) is 24.4 Å². The molecule has 0 N–H and O–H groups in total. The van der Waals surface area contributed by atoms with Gasteiger partial charge >= 0.3 is 0 Å². The van der Waals surface area contributed by atoms with E-state index in [2.05, 4.69) is 48.3 Å². The highest BCUT2D eigenvalue weighted by atomic mass is 32.1. The maximum absolute atomic E-state index is 4.42. The largest absolute Gasteiger partial charge is 0.362 e. The van der Waals surface area contributed by atoms with Crippen LogP contribution < -0.4 is 4.90 Å². The van der Waals surface area contributed by atoms with Gasteiger partial charge in [-0.1, -0.05) is 71.1 Å². The number of thiophene rings is 1. The zero-order chi connectivity index (χ0) is 21.9. The van der Waals surface area contributed by atoms with Gasteiger partial charge in [-0.15, -0.1) is 11.3 Å². The normalized spacial score (nSPS) is 18.1. The Hall–Kier alpha value is -1.94. The van der Waals surface area contributed by atoms with E-state index in [1.54, 1.807) is 0 Å². The second-order valence-electron chi connectivity index (χ2n) is 8.70. The number of para-hydroxylation sites is 1. The highest BCUT2D eigenvalue weighted by molar-refractivity contribution is 7.09. The van der Waals surface area contributed by atoms with E-state index in [4.69, 9.17) is 0 Å². The van der Waals surface area contributed by atoms with Gasteiger partial charge in [-0.25, -0.2) is 9.97 Å². The number of nitrogens with zero attached hydrogens (tertiary/aromatic N) is 3. The molecule has 0 saturated heterocycles. The molecule has 1 aliphatic rings. The molecule has 0 spiro atoms. The third-order valence-corrected chi connectivity index (χ3v) is 6.44. The van der Waals surface area contributed by atoms with Crippen LogP contribution in [0.5, 0.6) is 0 Å². The molecule has 2 aromatic heterocycles. The van der Waals surface area contributed by atoms with Crippen LogP contribution in [-0.2, 0) is 6.42 Å². The van der Waals surface area contributed by atoms with Gasteiger partial charge in [0.05, 0.1) is 5.52 Å². The first-order valence-corrected chi connectivity index (χ1v) is 12.2. The van der Waals surface area contributed by atoms with Crippen molar-refractivity contribution in [3.05, 3.63) is 52.5 Å². The molecule has 4 heteroatoms. The molecule has 0 unspecified atom stereocenters. The molecule has 0 radical (unpaired) electrons. The van der Waals surface area contributed by atoms with Crippen molar-refractivity contribution in [3.63, 3.8) is 0 Å². The smallest absolute Gasteiger partial charge is 0.139 e. The quantitative estimate of drug-likeness (QED) is 0.434. The summed E-state index contributed by atoms with van der Waals surface area (Å²) in [5.74, 6) is 3.83. The van der Waals surface area contributed by atoms with E-state index in [1.807, 2.05) is 61.5 Å². The number of hydrogen-bond donors (Lipinski definition) is 0. The van der Waals surface area contributed by atoms with Gasteiger partial charge in [-0.05, 0) is 48.8 Å². The fourth-order valence-corrected chi connectivity index (χ4v) is 4.45. The van der Waals surface area contributed by atoms with Gasteiger partial charge in [0.2, 0.25) is 0 Å². The first-order valence-electron chi connectivity index (χ1n) is 11.3. The molecule has 0 atom stereocenters. The summed E-state index contributed by atoms with van der Waals surface area (Å²) in [6.45, 7) is 8.86. The van der Waals surface area contributed by atoms with Crippen LogP contribution in [0.15, 0.2) is 41.8 Å². The summed E-state index contributed by atoms with van der Waals surface area (Å²) in [5.41, 5.74) is 1.00. The first kappa shape index (κ1) is 24.3. The van der Waals surface area contributed by atoms with Crippen molar-refractivity contribution in [1.82, 2.24) is 9.97 Å². The molecule has 1 aliphatic carbocycles. The van der Waals surface area contributed by atoms with E-state index >= 15 is 0 Å². The Morgan fingerprint density at radius 3 is 2.10 bits per heavy atom. The van der Waals surface area contributed by atoms with Crippen LogP contribution in [0.1, 0.15) is 63.6 Å². The lowest BCUT2D eigenvalue weighted by Gasteiger charge is -2.22. The van der Waals surface area contributed by atoms with Crippen LogP contribution in [-0.4, -0.2) is 24.1 Å². The van der Waals surface area contributed by atoms with Crippen LogP contribution in [0.2, 0.25) is 0 Å². The van der Waals surface area contributed by atoms with Crippen molar-refractivity contribution in [1.29, 1.82) is 0 Å². The topological polar surface area (TPSA) is 29.0 Å². The first-order chi connectivity index (χ1) is 14.4. The number of benzene rings is 1. The second kappa shape index (κ2) is 12.7. The predicted molar refractivity (Wildman–Crippen MR) is 134 cm³/mol. The lowest BCUT2D eigenvalue weighted by molar-refractivity contribution is 0.308. The van der Waals surface area contributed by atoms with Crippen molar-refractivity contribution >= 4 is 28.1 Å². The van der Waals surface area contributed by atoms with E-state index in [0.29, 0.717) is 0 Å². The zero-order valence-electron chi connectivity index (χ0n) is 19.7. The minimum atomic E-state index is 0.812. The maximum atomic E-state index is 4.42. The summed E-state index contributed by atoms with van der Waals surface area (Å²) in [4.78, 5) is 12.3. The van der Waals surface area contributed by atoms with E-state index in [9.17, 15) is 0 Å². The SMILES string of the molecule is CC1CCC(C)CC1.CCCc1cccs1.Cc1nc(N(C)C)c2ccccc2n1. The van der Waals surface area contributed by atoms with Crippen molar-refractivity contribution in [3.8, 4) is 0 Å². The fourth-order valence-electron chi connectivity index (χ4n) is 3.64. The average Bonchev–Trinajstić information content (AvgIpc) is 3.24. The van der Waals surface area contributed by atoms with Crippen molar-refractivity contribution < 1.29 is 0 Å². The number of aryl methyl sites for hydroxylation is 2. The number of fused-ring (bicyclic) bond motifs is 1. The van der Waals surface area contributed by atoms with Crippen molar-refractivity contribution in [2.75, 3.05) is 19.0 Å². The minimum Gasteiger partial charge on any atom is -0.362 e. The van der Waals surface area contributed by atoms with E-state index < -0.39 is 0 Å². The number of hydrogen-bond acceptors (Lipinski definition) is 4. The summed E-state index contributed by atoms with van der Waals surface area (Å²) in [7, 11) is 3.99. The third kappa shape index (κ3) is 8.06. The highest BCUT2D eigenvalue weighted by Gasteiger charge is 2.13. The van der Waals surface area contributed by atoms with Gasteiger partial charge < -0.3 is 4.90 Å². The molecular weight excluding hydrogens is 386 g/mol. The number of rotatable bonds is 3. The van der Waals surface area contributed by atoms with Crippen molar-refractivity contribution in [2.24, 2.45) is 11.8 Å². The van der Waals surface area contributed by atoms with Gasteiger partial charge in [0.1, 0.15) is 11.6 Å². The van der Waals surface area contributed by atoms with Crippen LogP contribution >= 0.6 is 11.3 Å². The zero-order valence-corrected chi connectivity index (χ0v) is 20.5. The summed E-state index contributed by atoms with van der Waals surface area (Å²) in [6.07, 6.45) is 8.41. The van der Waals surface area contributed by atoms with Gasteiger partial charge in [0.15, 0.2) is 0 Å². The molecular formula is C26H39N3S. The van der Waals surface area contributed by atoms with E-state index in [1.165, 1.54) is 43.4 Å². The predicted octanol–water partition coefficient (Wildman–Crippen LogP) is 7.54. The Labute approximate surface area is 187 Å². The summed E-state index contributed by atoms with van der Waals surface area (Å²) in [6, 6.07) is 12.4. The maximum Gasteiger partial charge on any atom is 0.139 e. The molecule has 3 nitrogen and oxygen atoms in total. The van der Waals surface area contributed by atoms with Gasteiger partial charge in [0.25, 0.3) is 0 Å². The van der Waals surface area contributed by atoms with Crippen LogP contribution in [0.3, 0.4) is 0 Å². The molecule has 2 heterocycles. The Bertz CT molecular complexity index is 840. The minimum absolute atomic E-state index is 0.812. The van der Waals surface area contributed by atoms with E-state index in [-0.39, 0.29) is 0 Å². The molecule has 0 amide bonds. The highest BCUT2D eigenvalue weighted by Crippen LogP contribution is 2.27. The van der Waals surface area contributed by atoms with E-state index in [0.717, 1.165) is 34.4 Å². The summed E-state index contributed by atoms with van der Waals surface area (Å²) in [5, 5.41) is 3.23. The molecule has 1 aromatic carbocycles. The Morgan fingerprint density at radius 1 is 0.933 bits per heavy atom. The number of aromatic nitrogens is 2. The molecule has 30 heavy (non-hydrogen) atoms. The lowest BCUT2D eigenvalue weighted by atomic mass is 9.84. The molecule has 0 aliphatic heterocycles. The van der Waals surface area contributed by atoms with Crippen molar-refractivity contribution in [2.45, 2.75) is 66.2 Å². The molecule has 4 rings (SSSR count). The average molecular weight is 426 g/mol. The monoisotopic (exact) mass is 425 g/mol. The second-order valence-corrected chi connectivity index (χ2v) is 9.73. The van der Waals surface area contributed by atoms with Crippen LogP contribution in [0, 0.1) is 18.8 Å². The van der Waals surface area contributed by atoms with Gasteiger partial charge in [-0.2, -0.15) is 0 Å². The Kier molecular flexibility index (Phi) is 10.3. The molecule has 164 valence electrons. The summed E-state index contributed by atoms with van der Waals surface area (Å²) >= 11 is 1.85. The summed E-state index contributed by atoms with van der Waals surface area (Å²) < 4.78 is 0. The van der Waals surface area contributed by atoms with Gasteiger partial charge in [-0.3, -0.25) is 0 Å². The molecule has 3 aromatic rings. The molecule has 1 saturated carbocycles. The third-order valence-electron chi connectivity index (χ3n) is 5.50. The molecule has 0 bridgehead atoms. The number of anilines is 1. The molecule has 1 fully saturated rings. The Balaban J connectivity index is 0.000000172. The standard InChI is InChI=1S/C11H13N3.C8H16.C7H10S/c1-8-12-10-7-5-4-6-9(10)11(13-8)14(2)3;1-7-3-5-8(2)6-4-7;1-2-4-7-5-3-6-8-7/h4-7H,1-3H3;7-8H,3-6H2,1-2H3;3,5-6H,2,4H2,1H3. The van der Waals surface area contributed by atoms with Crippen LogP contribution in [0.25, 0.3) is 10.9 Å². The fraction of sp³-hybridized carbons (Fsp3) is 0.538. The van der Waals surface area contributed by atoms with Crippen LogP contribution in [0.4, 0.5) is 5.82 Å². The lowest BCUT2D eigenvalue weighted by Crippen LogP contribution is -2.12.